The topological polar surface area (TPSA) is 16.4 Å². The first-order chi connectivity index (χ1) is 27.7. The summed E-state index contributed by atoms with van der Waals surface area (Å²) in [5, 5.41) is 9.52. The molecule has 11 aromatic rings. The van der Waals surface area contributed by atoms with Gasteiger partial charge in [-0.25, -0.2) is 0 Å². The fraction of sp³-hybridized carbons (Fsp3) is 0. The smallest absolute Gasteiger partial charge is 0.143 e. The molecule has 0 N–H and O–H groups in total. The minimum atomic E-state index is 0.897. The van der Waals surface area contributed by atoms with E-state index in [1.54, 1.807) is 0 Å². The molecule has 0 atom stereocenters. The quantitative estimate of drug-likeness (QED) is 0.160. The van der Waals surface area contributed by atoms with E-state index < -0.39 is 0 Å². The Kier molecular flexibility index (Phi) is 7.53. The molecule has 0 aliphatic heterocycles. The highest BCUT2D eigenvalue weighted by atomic mass is 16.3. The van der Waals surface area contributed by atoms with Crippen LogP contribution in [0.5, 0.6) is 0 Å². The Morgan fingerprint density at radius 2 is 0.875 bits per heavy atom. The minimum absolute atomic E-state index is 0.897. The lowest BCUT2D eigenvalue weighted by atomic mass is 9.94. The van der Waals surface area contributed by atoms with Crippen molar-refractivity contribution in [2.24, 2.45) is 0 Å². The van der Waals surface area contributed by atoms with Crippen molar-refractivity contribution in [2.45, 2.75) is 0 Å². The Labute approximate surface area is 325 Å². The zero-order valence-corrected chi connectivity index (χ0v) is 30.6. The lowest BCUT2D eigenvalue weighted by molar-refractivity contribution is 0.673. The zero-order chi connectivity index (χ0) is 37.0. The standard InChI is InChI=1S/C54H35NO/c1-3-12-36(13-4-1)40-17-11-18-44(32-40)55(45-29-30-47-42(33-45)23-22-38-16-7-8-19-46(38)47)43-27-24-39(25-28-43)50-35-52-51-34-41(37-14-5-2-6-15-37)26-31-53(51)56-54(52)49-21-10-9-20-48(49)50/h1-35H. The molecule has 1 heterocycles. The van der Waals surface area contributed by atoms with Crippen molar-refractivity contribution in [3.63, 3.8) is 0 Å². The van der Waals surface area contributed by atoms with Gasteiger partial charge in [-0.15, -0.1) is 0 Å². The molecule has 1 aromatic heterocycles. The summed E-state index contributed by atoms with van der Waals surface area (Å²) in [4.78, 5) is 2.38. The van der Waals surface area contributed by atoms with Gasteiger partial charge in [-0.05, 0) is 115 Å². The molecule has 0 fully saturated rings. The van der Waals surface area contributed by atoms with Crippen LogP contribution in [0.1, 0.15) is 0 Å². The Morgan fingerprint density at radius 3 is 1.66 bits per heavy atom. The summed E-state index contributed by atoms with van der Waals surface area (Å²) in [6, 6.07) is 76.5. The van der Waals surface area contributed by atoms with Gasteiger partial charge in [0.25, 0.3) is 0 Å². The van der Waals surface area contributed by atoms with E-state index in [-0.39, 0.29) is 0 Å². The summed E-state index contributed by atoms with van der Waals surface area (Å²) in [5.74, 6) is 0. The fourth-order valence-electron chi connectivity index (χ4n) is 8.48. The second-order valence-corrected chi connectivity index (χ2v) is 14.5. The summed E-state index contributed by atoms with van der Waals surface area (Å²) < 4.78 is 6.59. The van der Waals surface area contributed by atoms with Gasteiger partial charge < -0.3 is 9.32 Å². The van der Waals surface area contributed by atoms with E-state index in [1.165, 1.54) is 54.7 Å². The molecule has 0 spiro atoms. The average Bonchev–Trinajstić information content (AvgIpc) is 3.65. The third kappa shape index (κ3) is 5.42. The molecular weight excluding hydrogens is 679 g/mol. The van der Waals surface area contributed by atoms with Crippen molar-refractivity contribution < 1.29 is 4.42 Å². The van der Waals surface area contributed by atoms with Crippen molar-refractivity contribution in [1.29, 1.82) is 0 Å². The molecule has 0 radical (unpaired) electrons. The Hall–Kier alpha value is -7.42. The van der Waals surface area contributed by atoms with Crippen molar-refractivity contribution in [3.05, 3.63) is 212 Å². The van der Waals surface area contributed by atoms with Crippen LogP contribution in [0.3, 0.4) is 0 Å². The molecule has 262 valence electrons. The number of anilines is 3. The molecule has 0 saturated carbocycles. The molecule has 11 rings (SSSR count). The van der Waals surface area contributed by atoms with Crippen LogP contribution in [0.4, 0.5) is 17.1 Å². The number of fused-ring (bicyclic) bond motifs is 8. The maximum Gasteiger partial charge on any atom is 0.143 e. The van der Waals surface area contributed by atoms with Crippen molar-refractivity contribution in [3.8, 4) is 33.4 Å². The largest absolute Gasteiger partial charge is 0.455 e. The minimum Gasteiger partial charge on any atom is -0.455 e. The van der Waals surface area contributed by atoms with Crippen LogP contribution in [0.2, 0.25) is 0 Å². The molecule has 56 heavy (non-hydrogen) atoms. The van der Waals surface area contributed by atoms with Crippen molar-refractivity contribution in [1.82, 2.24) is 0 Å². The SMILES string of the molecule is c1ccc(-c2cccc(N(c3ccc(-c4cc5c6cc(-c7ccccc7)ccc6oc5c5ccccc45)cc3)c3ccc4c(ccc5ccccc54)c3)c2)cc1. The maximum atomic E-state index is 6.59. The predicted octanol–water partition coefficient (Wildman–Crippen LogP) is 15.5. The monoisotopic (exact) mass is 713 g/mol. The molecule has 2 heteroatoms. The number of hydrogen-bond acceptors (Lipinski definition) is 2. The van der Waals surface area contributed by atoms with Gasteiger partial charge in [-0.1, -0.05) is 158 Å². The Balaban J connectivity index is 1.06. The lowest BCUT2D eigenvalue weighted by Crippen LogP contribution is -2.10. The van der Waals surface area contributed by atoms with Crippen LogP contribution in [-0.4, -0.2) is 0 Å². The zero-order valence-electron chi connectivity index (χ0n) is 30.6. The molecule has 0 aliphatic carbocycles. The second-order valence-electron chi connectivity index (χ2n) is 14.5. The van der Waals surface area contributed by atoms with E-state index in [4.69, 9.17) is 4.42 Å². The summed E-state index contributed by atoms with van der Waals surface area (Å²) in [6.07, 6.45) is 0. The van der Waals surface area contributed by atoms with E-state index in [1.807, 2.05) is 0 Å². The number of hydrogen-bond donors (Lipinski definition) is 0. The predicted molar refractivity (Wildman–Crippen MR) is 237 cm³/mol. The molecule has 0 aliphatic rings. The van der Waals surface area contributed by atoms with Gasteiger partial charge in [0.1, 0.15) is 11.2 Å². The highest BCUT2D eigenvalue weighted by Gasteiger charge is 2.18. The molecular formula is C54H35NO. The first kappa shape index (κ1) is 32.0. The average molecular weight is 714 g/mol. The number of nitrogens with zero attached hydrogens (tertiary/aromatic N) is 1. The highest BCUT2D eigenvalue weighted by molar-refractivity contribution is 6.19. The Bertz CT molecular complexity index is 3230. The van der Waals surface area contributed by atoms with Gasteiger partial charge in [0.05, 0.1) is 0 Å². The highest BCUT2D eigenvalue weighted by Crippen LogP contribution is 2.43. The van der Waals surface area contributed by atoms with Crippen molar-refractivity contribution in [2.75, 3.05) is 4.90 Å². The van der Waals surface area contributed by atoms with Crippen LogP contribution in [0, 0.1) is 0 Å². The number of furan rings is 1. The summed E-state index contributed by atoms with van der Waals surface area (Å²) in [7, 11) is 0. The van der Waals surface area contributed by atoms with Gasteiger partial charge in [-0.3, -0.25) is 0 Å². The van der Waals surface area contributed by atoms with Crippen molar-refractivity contribution >= 4 is 71.3 Å². The summed E-state index contributed by atoms with van der Waals surface area (Å²) >= 11 is 0. The molecule has 0 unspecified atom stereocenters. The first-order valence-electron chi connectivity index (χ1n) is 19.2. The van der Waals surface area contributed by atoms with Gasteiger partial charge in [-0.2, -0.15) is 0 Å². The van der Waals surface area contributed by atoms with E-state index in [2.05, 4.69) is 217 Å². The van der Waals surface area contributed by atoms with Crippen LogP contribution in [-0.2, 0) is 0 Å². The molecule has 0 saturated heterocycles. The van der Waals surface area contributed by atoms with Gasteiger partial charge in [0, 0.05) is 33.2 Å². The normalized spacial score (nSPS) is 11.6. The van der Waals surface area contributed by atoms with E-state index in [0.717, 1.165) is 50.0 Å². The van der Waals surface area contributed by atoms with Gasteiger partial charge in [0.2, 0.25) is 0 Å². The molecule has 2 nitrogen and oxygen atoms in total. The van der Waals surface area contributed by atoms with Gasteiger partial charge >= 0.3 is 0 Å². The lowest BCUT2D eigenvalue weighted by Gasteiger charge is -2.27. The molecule has 0 amide bonds. The van der Waals surface area contributed by atoms with E-state index in [0.29, 0.717) is 0 Å². The number of benzene rings is 10. The van der Waals surface area contributed by atoms with Crippen LogP contribution >= 0.6 is 0 Å². The van der Waals surface area contributed by atoms with Crippen LogP contribution in [0.25, 0.3) is 87.6 Å². The van der Waals surface area contributed by atoms with Crippen LogP contribution in [0.15, 0.2) is 217 Å². The maximum absolute atomic E-state index is 6.59. The third-order valence-corrected chi connectivity index (χ3v) is 11.2. The van der Waals surface area contributed by atoms with Gasteiger partial charge in [0.15, 0.2) is 0 Å². The van der Waals surface area contributed by atoms with E-state index >= 15 is 0 Å². The second kappa shape index (κ2) is 13.2. The molecule has 10 aromatic carbocycles. The fourth-order valence-corrected chi connectivity index (χ4v) is 8.48. The molecule has 0 bridgehead atoms. The third-order valence-electron chi connectivity index (χ3n) is 11.2. The Morgan fingerprint density at radius 1 is 0.286 bits per heavy atom. The summed E-state index contributed by atoms with van der Waals surface area (Å²) in [6.45, 7) is 0. The van der Waals surface area contributed by atoms with E-state index in [9.17, 15) is 0 Å². The summed E-state index contributed by atoms with van der Waals surface area (Å²) in [5.41, 5.74) is 12.2. The number of rotatable bonds is 6. The van der Waals surface area contributed by atoms with Crippen LogP contribution < -0.4 is 4.90 Å². The first-order valence-corrected chi connectivity index (χ1v) is 19.2.